The third-order valence-electron chi connectivity index (χ3n) is 20.4. The lowest BCUT2D eigenvalue weighted by Gasteiger charge is -2.30. The lowest BCUT2D eigenvalue weighted by Crippen LogP contribution is -2.25. The third kappa shape index (κ3) is 11.3. The number of anilines is 6. The Morgan fingerprint density at radius 2 is 0.635 bits per heavy atom. The molecule has 1 unspecified atom stereocenters. The van der Waals surface area contributed by atoms with E-state index < -0.39 is 5.41 Å². The van der Waals surface area contributed by atoms with E-state index in [9.17, 15) is 0 Å². The van der Waals surface area contributed by atoms with Gasteiger partial charge >= 0.3 is 0 Å². The van der Waals surface area contributed by atoms with E-state index in [-0.39, 0.29) is 0 Å². The number of allylic oxidation sites excluding steroid dienone is 4. The van der Waals surface area contributed by atoms with Gasteiger partial charge in [-0.25, -0.2) is 9.97 Å². The second kappa shape index (κ2) is 26.5. The molecule has 0 fully saturated rings. The van der Waals surface area contributed by atoms with Gasteiger partial charge in [0.2, 0.25) is 11.9 Å². The van der Waals surface area contributed by atoms with Crippen molar-refractivity contribution >= 4 is 52.4 Å². The van der Waals surface area contributed by atoms with Crippen LogP contribution in [-0.2, 0) is 5.41 Å². The molecule has 0 N–H and O–H groups in total. The molecule has 18 rings (SSSR count). The first-order valence-electron chi connectivity index (χ1n) is 35.3. The van der Waals surface area contributed by atoms with Crippen LogP contribution >= 0.6 is 0 Å². The number of nitrogens with zero attached hydrogens (tertiary/aromatic N) is 8. The van der Waals surface area contributed by atoms with Gasteiger partial charge < -0.3 is 0 Å². The molecule has 2 heterocycles. The number of hydrogen-bond acceptors (Lipinski definition) is 8. The van der Waals surface area contributed by atoms with Crippen molar-refractivity contribution in [1.82, 2.24) is 29.9 Å². The van der Waals surface area contributed by atoms with E-state index in [0.29, 0.717) is 41.1 Å². The zero-order valence-corrected chi connectivity index (χ0v) is 57.3. The number of hydrogen-bond donors (Lipinski definition) is 0. The minimum absolute atomic E-state index is 0.343. The molecule has 492 valence electrons. The van der Waals surface area contributed by atoms with Gasteiger partial charge in [0.1, 0.15) is 0 Å². The minimum atomic E-state index is -0.553. The Kier molecular flexibility index (Phi) is 16.0. The Balaban J connectivity index is 0.752. The summed E-state index contributed by atoms with van der Waals surface area (Å²) in [6, 6.07) is 115. The van der Waals surface area contributed by atoms with Gasteiger partial charge in [0.15, 0.2) is 23.3 Å². The van der Waals surface area contributed by atoms with Crippen LogP contribution in [0.1, 0.15) is 52.5 Å². The van der Waals surface area contributed by atoms with Crippen LogP contribution in [-0.4, -0.2) is 29.9 Å². The molecule has 0 amide bonds. The van der Waals surface area contributed by atoms with Crippen LogP contribution in [0.15, 0.2) is 353 Å². The van der Waals surface area contributed by atoms with E-state index >= 15 is 0 Å². The molecule has 104 heavy (non-hydrogen) atoms. The average Bonchev–Trinajstić information content (AvgIpc) is 1.51. The molecule has 0 saturated heterocycles. The highest BCUT2D eigenvalue weighted by atomic mass is 15.3. The van der Waals surface area contributed by atoms with Crippen molar-refractivity contribution in [1.29, 1.82) is 0 Å². The molecule has 0 aliphatic heterocycles. The van der Waals surface area contributed by atoms with E-state index in [2.05, 4.69) is 291 Å². The summed E-state index contributed by atoms with van der Waals surface area (Å²) in [4.78, 5) is 35.8. The first-order valence-corrected chi connectivity index (χ1v) is 35.3. The number of benzene rings is 13. The summed E-state index contributed by atoms with van der Waals surface area (Å²) in [7, 11) is 0. The van der Waals surface area contributed by atoms with Crippen LogP contribution in [0.5, 0.6) is 0 Å². The maximum Gasteiger partial charge on any atom is 0.238 e. The fraction of sp³-hybridized carbons (Fsp3) is 0.0417. The number of aromatic nitrogens is 6. The highest BCUT2D eigenvalue weighted by Crippen LogP contribution is 2.63. The molecule has 8 nitrogen and oxygen atoms in total. The normalized spacial score (nSPS) is 13.5. The Bertz CT molecular complexity index is 5760. The van der Waals surface area contributed by atoms with E-state index in [1.807, 2.05) is 91.0 Å². The molecule has 15 aromatic rings. The zero-order chi connectivity index (χ0) is 69.7. The molecule has 1 atom stereocenters. The summed E-state index contributed by atoms with van der Waals surface area (Å²) in [5.41, 5.74) is 27.6. The third-order valence-corrected chi connectivity index (χ3v) is 20.4. The second-order valence-electron chi connectivity index (χ2n) is 26.8. The molecular weight excluding hydrogens is 1270 g/mol. The minimum Gasteiger partial charge on any atom is -0.279 e. The average molecular weight is 1330 g/mol. The summed E-state index contributed by atoms with van der Waals surface area (Å²) in [5, 5.41) is 0. The van der Waals surface area contributed by atoms with Crippen molar-refractivity contribution in [3.8, 4) is 101 Å². The van der Waals surface area contributed by atoms with Gasteiger partial charge in [0.05, 0.1) is 5.41 Å². The van der Waals surface area contributed by atoms with Gasteiger partial charge in [-0.1, -0.05) is 299 Å². The van der Waals surface area contributed by atoms with E-state index in [1.54, 1.807) is 0 Å². The van der Waals surface area contributed by atoms with Gasteiger partial charge in [-0.15, -0.1) is 0 Å². The molecule has 0 radical (unpaired) electrons. The van der Waals surface area contributed by atoms with Crippen molar-refractivity contribution in [2.45, 2.75) is 18.8 Å². The van der Waals surface area contributed by atoms with Gasteiger partial charge in [0, 0.05) is 45.0 Å². The van der Waals surface area contributed by atoms with Gasteiger partial charge in [-0.2, -0.15) is 19.9 Å². The highest BCUT2D eigenvalue weighted by Gasteiger charge is 2.51. The molecular formula is C96H68N8. The highest BCUT2D eigenvalue weighted by molar-refractivity contribution is 5.98. The molecule has 3 aliphatic carbocycles. The molecule has 13 aromatic carbocycles. The largest absolute Gasteiger partial charge is 0.279 e. The predicted octanol–water partition coefficient (Wildman–Crippen LogP) is 24.3. The molecule has 3 aliphatic rings. The first-order chi connectivity index (χ1) is 51.3. The smallest absolute Gasteiger partial charge is 0.238 e. The van der Waals surface area contributed by atoms with Crippen molar-refractivity contribution in [2.75, 3.05) is 9.80 Å². The topological polar surface area (TPSA) is 83.8 Å². The SMILES string of the molecule is C=Cc1cccc(-c2ccc(N(c3ccc(-c4ccc5c(c4)-c4cc(-c6ccc(N(c7ccc(-c8cccc(C=C)c8)cc7)c7nc(-c8ccccc8)nc(-c8ccccc8)n7)cc6)ccc4C54c5ccccc5-c5ccccc54)cc3)c3nc(C4=CC(C)CC=C4)nc(-c4ccccc4)n3)cc2)c1. The number of rotatable bonds is 16. The van der Waals surface area contributed by atoms with Crippen molar-refractivity contribution in [3.05, 3.63) is 392 Å². The lowest BCUT2D eigenvalue weighted by molar-refractivity contribution is 0.738. The molecule has 1 spiro atoms. The van der Waals surface area contributed by atoms with Crippen LogP contribution in [0.2, 0.25) is 0 Å². The zero-order valence-electron chi connectivity index (χ0n) is 57.3. The van der Waals surface area contributed by atoms with E-state index in [1.165, 1.54) is 44.5 Å². The Labute approximate surface area is 606 Å². The fourth-order valence-electron chi connectivity index (χ4n) is 15.4. The van der Waals surface area contributed by atoms with E-state index in [4.69, 9.17) is 29.9 Å². The van der Waals surface area contributed by atoms with E-state index in [0.717, 1.165) is 107 Å². The summed E-state index contributed by atoms with van der Waals surface area (Å²) in [5.74, 6) is 3.75. The Morgan fingerprint density at radius 3 is 1.02 bits per heavy atom. The summed E-state index contributed by atoms with van der Waals surface area (Å²) in [6.45, 7) is 10.3. The van der Waals surface area contributed by atoms with Crippen molar-refractivity contribution in [3.63, 3.8) is 0 Å². The van der Waals surface area contributed by atoms with Crippen LogP contribution in [0.3, 0.4) is 0 Å². The summed E-state index contributed by atoms with van der Waals surface area (Å²) >= 11 is 0. The second-order valence-corrected chi connectivity index (χ2v) is 26.8. The maximum absolute atomic E-state index is 5.35. The summed E-state index contributed by atoms with van der Waals surface area (Å²) < 4.78 is 0. The van der Waals surface area contributed by atoms with Gasteiger partial charge in [0.25, 0.3) is 0 Å². The Morgan fingerprint density at radius 1 is 0.308 bits per heavy atom. The van der Waals surface area contributed by atoms with Crippen LogP contribution in [0.4, 0.5) is 34.6 Å². The maximum atomic E-state index is 5.35. The first kappa shape index (κ1) is 62.7. The molecule has 8 heteroatoms. The molecule has 2 aromatic heterocycles. The van der Waals surface area contributed by atoms with Gasteiger partial charge in [-0.05, 0) is 185 Å². The van der Waals surface area contributed by atoms with Gasteiger partial charge in [-0.3, -0.25) is 9.80 Å². The monoisotopic (exact) mass is 1330 g/mol. The molecule has 0 bridgehead atoms. The van der Waals surface area contributed by atoms with Crippen LogP contribution < -0.4 is 9.80 Å². The number of fused-ring (bicyclic) bond motifs is 10. The summed E-state index contributed by atoms with van der Waals surface area (Å²) in [6.07, 6.45) is 11.4. The lowest BCUT2D eigenvalue weighted by atomic mass is 9.70. The standard InChI is InChI=1S/C96H68N8/c1-4-64-23-20-31-73(59-64)66-38-48-78(49-39-66)103(94-99-90(70-25-9-6-10-26-70)97-91(100-94)71-27-11-7-12-28-71)80-52-42-68(43-53-80)75-46-56-88-84(61-75)85-62-76(47-57-89(85)96(88)86-36-17-15-34-82(86)83-35-16-18-37-87(83)96)69-44-54-81(55-45-69)104(79-50-40-67(41-51-79)74-32-21-24-65(5-2)60-74)95-101-92(72-29-13-8-14-30-72)98-93(102-95)77-33-19-22-63(3)58-77/h4-21,23-63H,1-2,22H2,3H3. The Hall–Kier alpha value is -13.6. The fourth-order valence-corrected chi connectivity index (χ4v) is 15.4. The van der Waals surface area contributed by atoms with Crippen molar-refractivity contribution in [2.24, 2.45) is 5.92 Å². The molecule has 0 saturated carbocycles. The quantitative estimate of drug-likeness (QED) is 0.0946. The van der Waals surface area contributed by atoms with Crippen LogP contribution in [0.25, 0.3) is 119 Å². The van der Waals surface area contributed by atoms with Crippen LogP contribution in [0, 0.1) is 5.92 Å². The van der Waals surface area contributed by atoms with Crippen molar-refractivity contribution < 1.29 is 0 Å². The predicted molar refractivity (Wildman–Crippen MR) is 428 cm³/mol.